The Kier molecular flexibility index (Phi) is 3.50. The Balaban J connectivity index is 1.84. The predicted octanol–water partition coefficient (Wildman–Crippen LogP) is 1.48. The summed E-state index contributed by atoms with van der Waals surface area (Å²) in [5.41, 5.74) is -0.476. The second kappa shape index (κ2) is 4.78. The van der Waals surface area contributed by atoms with Crippen molar-refractivity contribution < 1.29 is 14.3 Å². The highest BCUT2D eigenvalue weighted by Crippen LogP contribution is 2.23. The molecule has 5 heteroatoms. The van der Waals surface area contributed by atoms with Gasteiger partial charge < -0.3 is 14.5 Å². The smallest absolute Gasteiger partial charge is 0.410 e. The average Bonchev–Trinajstić information content (AvgIpc) is 2.60. The Hall–Kier alpha value is -1.26. The summed E-state index contributed by atoms with van der Waals surface area (Å²) < 4.78 is 5.31. The van der Waals surface area contributed by atoms with Gasteiger partial charge in [0.1, 0.15) is 5.60 Å². The van der Waals surface area contributed by atoms with E-state index in [1.807, 2.05) is 25.7 Å². The Morgan fingerprint density at radius 2 is 1.78 bits per heavy atom. The largest absolute Gasteiger partial charge is 0.444 e. The van der Waals surface area contributed by atoms with Crippen LogP contribution in [0.15, 0.2) is 0 Å². The summed E-state index contributed by atoms with van der Waals surface area (Å²) >= 11 is 0. The third kappa shape index (κ3) is 2.94. The maximum Gasteiger partial charge on any atom is 0.410 e. The first-order valence-corrected chi connectivity index (χ1v) is 6.63. The van der Waals surface area contributed by atoms with E-state index >= 15 is 0 Å². The molecule has 0 radical (unpaired) electrons. The van der Waals surface area contributed by atoms with Crippen LogP contribution < -0.4 is 0 Å². The molecule has 102 valence electrons. The van der Waals surface area contributed by atoms with Gasteiger partial charge in [-0.15, -0.1) is 0 Å². The Labute approximate surface area is 108 Å². The predicted molar refractivity (Wildman–Crippen MR) is 67.1 cm³/mol. The number of hydrogen-bond donors (Lipinski definition) is 0. The molecule has 2 fully saturated rings. The number of ether oxygens (including phenoxy) is 1. The van der Waals surface area contributed by atoms with Crippen molar-refractivity contribution in [2.45, 2.75) is 39.2 Å². The maximum atomic E-state index is 12.0. The Morgan fingerprint density at radius 1 is 1.11 bits per heavy atom. The van der Waals surface area contributed by atoms with E-state index in [1.165, 1.54) is 0 Å². The molecule has 0 spiro atoms. The van der Waals surface area contributed by atoms with E-state index < -0.39 is 5.60 Å². The van der Waals surface area contributed by atoms with Crippen molar-refractivity contribution in [3.05, 3.63) is 0 Å². The van der Waals surface area contributed by atoms with Crippen molar-refractivity contribution in [1.29, 1.82) is 0 Å². The zero-order valence-corrected chi connectivity index (χ0v) is 11.4. The standard InChI is InChI=1S/C13H22N2O3/c1-13(2,3)18-12(17)15-8-5-10(9-15)11(16)14-6-4-7-14/h10H,4-9H2,1-3H3. The van der Waals surface area contributed by atoms with Crippen LogP contribution in [0, 0.1) is 5.92 Å². The molecule has 18 heavy (non-hydrogen) atoms. The summed E-state index contributed by atoms with van der Waals surface area (Å²) in [6, 6.07) is 0. The fourth-order valence-electron chi connectivity index (χ4n) is 2.25. The number of hydrogen-bond acceptors (Lipinski definition) is 3. The molecule has 0 aliphatic carbocycles. The molecule has 1 atom stereocenters. The minimum absolute atomic E-state index is 0.0298. The van der Waals surface area contributed by atoms with Crippen molar-refractivity contribution in [3.63, 3.8) is 0 Å². The molecule has 2 aliphatic rings. The fraction of sp³-hybridized carbons (Fsp3) is 0.846. The quantitative estimate of drug-likeness (QED) is 0.712. The average molecular weight is 254 g/mol. The third-order valence-corrected chi connectivity index (χ3v) is 3.36. The van der Waals surface area contributed by atoms with Crippen molar-refractivity contribution in [1.82, 2.24) is 9.80 Å². The van der Waals surface area contributed by atoms with Gasteiger partial charge in [-0.05, 0) is 33.6 Å². The van der Waals surface area contributed by atoms with Crippen LogP contribution in [0.4, 0.5) is 4.79 Å². The lowest BCUT2D eigenvalue weighted by molar-refractivity contribution is -0.138. The SMILES string of the molecule is CC(C)(C)OC(=O)N1CCC(C(=O)N2CCC2)C1. The molecule has 2 aliphatic heterocycles. The fourth-order valence-corrected chi connectivity index (χ4v) is 2.25. The van der Waals surface area contributed by atoms with E-state index in [4.69, 9.17) is 4.74 Å². The van der Waals surface area contributed by atoms with Crippen molar-refractivity contribution in [3.8, 4) is 0 Å². The summed E-state index contributed by atoms with van der Waals surface area (Å²) in [4.78, 5) is 27.4. The molecule has 0 bridgehead atoms. The van der Waals surface area contributed by atoms with Gasteiger partial charge in [0.2, 0.25) is 5.91 Å². The topological polar surface area (TPSA) is 49.9 Å². The number of nitrogens with zero attached hydrogens (tertiary/aromatic N) is 2. The van der Waals surface area contributed by atoms with E-state index in [1.54, 1.807) is 4.90 Å². The second-order valence-electron chi connectivity index (χ2n) is 6.09. The highest BCUT2D eigenvalue weighted by Gasteiger charge is 2.36. The Morgan fingerprint density at radius 3 is 2.28 bits per heavy atom. The van der Waals surface area contributed by atoms with E-state index in [-0.39, 0.29) is 17.9 Å². The number of rotatable bonds is 1. The van der Waals surface area contributed by atoms with Crippen molar-refractivity contribution >= 4 is 12.0 Å². The lowest BCUT2D eigenvalue weighted by atomic mass is 10.1. The first-order chi connectivity index (χ1) is 8.37. The maximum absolute atomic E-state index is 12.0. The summed E-state index contributed by atoms with van der Waals surface area (Å²) in [5, 5.41) is 0. The minimum Gasteiger partial charge on any atom is -0.444 e. The van der Waals surface area contributed by atoms with Crippen LogP contribution in [0.5, 0.6) is 0 Å². The summed E-state index contributed by atoms with van der Waals surface area (Å²) in [6.07, 6.45) is 1.56. The molecule has 0 saturated carbocycles. The molecule has 2 heterocycles. The molecule has 2 amide bonds. The molecule has 2 saturated heterocycles. The lowest BCUT2D eigenvalue weighted by Gasteiger charge is -2.33. The van der Waals surface area contributed by atoms with E-state index in [0.717, 1.165) is 25.9 Å². The molecule has 1 unspecified atom stereocenters. The van der Waals surface area contributed by atoms with Crippen LogP contribution in [0.25, 0.3) is 0 Å². The van der Waals surface area contributed by atoms with Gasteiger partial charge in [0.25, 0.3) is 0 Å². The molecule has 0 aromatic heterocycles. The summed E-state index contributed by atoms with van der Waals surface area (Å²) in [6.45, 7) is 8.43. The highest BCUT2D eigenvalue weighted by molar-refractivity contribution is 5.81. The summed E-state index contributed by atoms with van der Waals surface area (Å²) in [5.74, 6) is 0.171. The van der Waals surface area contributed by atoms with Crippen LogP contribution in [0.2, 0.25) is 0 Å². The van der Waals surface area contributed by atoms with Gasteiger partial charge in [-0.2, -0.15) is 0 Å². The normalized spacial score (nSPS) is 23.8. The number of amides is 2. The summed E-state index contributed by atoms with van der Waals surface area (Å²) in [7, 11) is 0. The van der Waals surface area contributed by atoms with Crippen LogP contribution in [-0.4, -0.2) is 53.6 Å². The van der Waals surface area contributed by atoms with Gasteiger partial charge in [0, 0.05) is 26.2 Å². The van der Waals surface area contributed by atoms with Crippen molar-refractivity contribution in [2.75, 3.05) is 26.2 Å². The molecule has 5 nitrogen and oxygen atoms in total. The molecule has 0 N–H and O–H groups in total. The monoisotopic (exact) mass is 254 g/mol. The van der Waals surface area contributed by atoms with Crippen LogP contribution in [-0.2, 0) is 9.53 Å². The zero-order chi connectivity index (χ0) is 13.3. The first-order valence-electron chi connectivity index (χ1n) is 6.63. The zero-order valence-electron chi connectivity index (χ0n) is 11.4. The third-order valence-electron chi connectivity index (χ3n) is 3.36. The van der Waals surface area contributed by atoms with E-state index in [9.17, 15) is 9.59 Å². The highest BCUT2D eigenvalue weighted by atomic mass is 16.6. The molecule has 2 rings (SSSR count). The van der Waals surface area contributed by atoms with Crippen molar-refractivity contribution in [2.24, 2.45) is 5.92 Å². The van der Waals surface area contributed by atoms with Crippen LogP contribution in [0.3, 0.4) is 0 Å². The lowest BCUT2D eigenvalue weighted by Crippen LogP contribution is -2.46. The number of likely N-dealkylation sites (tertiary alicyclic amines) is 2. The molecular weight excluding hydrogens is 232 g/mol. The minimum atomic E-state index is -0.476. The van der Waals surface area contributed by atoms with Gasteiger partial charge in [0.05, 0.1) is 5.92 Å². The van der Waals surface area contributed by atoms with E-state index in [2.05, 4.69) is 0 Å². The number of carbonyl (C=O) groups excluding carboxylic acids is 2. The van der Waals surface area contributed by atoms with Gasteiger partial charge in [-0.1, -0.05) is 0 Å². The van der Waals surface area contributed by atoms with E-state index in [0.29, 0.717) is 13.1 Å². The van der Waals surface area contributed by atoms with Crippen LogP contribution >= 0.6 is 0 Å². The Bertz CT molecular complexity index is 345. The van der Waals surface area contributed by atoms with Gasteiger partial charge in [0.15, 0.2) is 0 Å². The van der Waals surface area contributed by atoms with Crippen LogP contribution in [0.1, 0.15) is 33.6 Å². The van der Waals surface area contributed by atoms with Gasteiger partial charge in [-0.3, -0.25) is 4.79 Å². The molecular formula is C13H22N2O3. The van der Waals surface area contributed by atoms with Gasteiger partial charge in [-0.25, -0.2) is 4.79 Å². The van der Waals surface area contributed by atoms with Gasteiger partial charge >= 0.3 is 6.09 Å². The number of carbonyl (C=O) groups is 2. The molecule has 0 aromatic carbocycles. The first kappa shape index (κ1) is 13.2. The second-order valence-corrected chi connectivity index (χ2v) is 6.09. The molecule has 0 aromatic rings.